The van der Waals surface area contributed by atoms with Crippen LogP contribution in [0.2, 0.25) is 0 Å². The Balaban J connectivity index is 2.46. The second kappa shape index (κ2) is 2.78. The fourth-order valence-corrected chi connectivity index (χ4v) is 1.54. The molecule has 0 unspecified atom stereocenters. The summed E-state index contributed by atoms with van der Waals surface area (Å²) in [5, 5.41) is 10.7. The minimum absolute atomic E-state index is 0.166. The van der Waals surface area contributed by atoms with Gasteiger partial charge in [0, 0.05) is 17.2 Å². The van der Waals surface area contributed by atoms with E-state index >= 15 is 0 Å². The average molecular weight is 192 g/mol. The van der Waals surface area contributed by atoms with Crippen molar-refractivity contribution in [1.82, 2.24) is 0 Å². The van der Waals surface area contributed by atoms with E-state index in [1.54, 1.807) is 19.1 Å². The summed E-state index contributed by atoms with van der Waals surface area (Å²) in [5.41, 5.74) is 7.40. The van der Waals surface area contributed by atoms with E-state index in [9.17, 15) is 10.1 Å². The van der Waals surface area contributed by atoms with Crippen LogP contribution in [0.4, 0.5) is 5.69 Å². The van der Waals surface area contributed by atoms with Gasteiger partial charge in [-0.25, -0.2) is 0 Å². The molecule has 0 aliphatic heterocycles. The van der Waals surface area contributed by atoms with Crippen molar-refractivity contribution in [2.24, 2.45) is 5.73 Å². The summed E-state index contributed by atoms with van der Waals surface area (Å²) in [6, 6.07) is 5.25. The minimum atomic E-state index is -0.357. The number of nitro groups is 1. The molecule has 0 bridgehead atoms. The number of nitrogens with two attached hydrogens (primary N) is 1. The molecule has 0 radical (unpaired) electrons. The van der Waals surface area contributed by atoms with Crippen LogP contribution in [0, 0.1) is 17.0 Å². The van der Waals surface area contributed by atoms with Crippen molar-refractivity contribution in [3.63, 3.8) is 0 Å². The lowest BCUT2D eigenvalue weighted by Crippen LogP contribution is -2.18. The predicted molar refractivity (Wildman–Crippen MR) is 52.9 cm³/mol. The Morgan fingerprint density at radius 2 is 2.14 bits per heavy atom. The van der Waals surface area contributed by atoms with Gasteiger partial charge in [-0.3, -0.25) is 10.1 Å². The van der Waals surface area contributed by atoms with Crippen LogP contribution in [0.15, 0.2) is 18.2 Å². The molecule has 14 heavy (non-hydrogen) atoms. The molecule has 0 amide bonds. The molecular formula is C10H12N2O2. The zero-order chi connectivity index (χ0) is 10.3. The molecule has 0 atom stereocenters. The smallest absolute Gasteiger partial charge is 0.272 e. The maximum Gasteiger partial charge on any atom is 0.272 e. The first-order chi connectivity index (χ1) is 6.53. The normalized spacial score (nSPS) is 17.9. The van der Waals surface area contributed by atoms with Crippen LogP contribution in [0.3, 0.4) is 0 Å². The van der Waals surface area contributed by atoms with Crippen LogP contribution in [-0.2, 0) is 5.54 Å². The Kier molecular flexibility index (Phi) is 1.82. The maximum atomic E-state index is 10.7. The second-order valence-corrected chi connectivity index (χ2v) is 3.91. The van der Waals surface area contributed by atoms with Crippen molar-refractivity contribution < 1.29 is 4.92 Å². The summed E-state index contributed by atoms with van der Waals surface area (Å²) < 4.78 is 0. The van der Waals surface area contributed by atoms with Gasteiger partial charge in [0.15, 0.2) is 0 Å². The number of hydrogen-bond acceptors (Lipinski definition) is 3. The summed E-state index contributed by atoms with van der Waals surface area (Å²) in [7, 11) is 0. The molecular weight excluding hydrogens is 180 g/mol. The molecule has 1 saturated carbocycles. The number of nitrogens with zero attached hydrogens (tertiary/aromatic N) is 1. The Labute approximate surface area is 81.9 Å². The van der Waals surface area contributed by atoms with E-state index in [1.807, 2.05) is 6.07 Å². The molecule has 1 aliphatic carbocycles. The van der Waals surface area contributed by atoms with Gasteiger partial charge in [-0.05, 0) is 25.3 Å². The summed E-state index contributed by atoms with van der Waals surface area (Å²) in [5.74, 6) is 0. The highest BCUT2D eigenvalue weighted by Crippen LogP contribution is 2.43. The van der Waals surface area contributed by atoms with Crippen molar-refractivity contribution >= 4 is 5.69 Å². The summed E-state index contributed by atoms with van der Waals surface area (Å²) in [6.45, 7) is 1.73. The molecule has 1 fully saturated rings. The molecule has 4 nitrogen and oxygen atoms in total. The maximum absolute atomic E-state index is 10.7. The third-order valence-corrected chi connectivity index (χ3v) is 2.77. The summed E-state index contributed by atoms with van der Waals surface area (Å²) in [6.07, 6.45) is 1.85. The van der Waals surface area contributed by atoms with Gasteiger partial charge in [-0.2, -0.15) is 0 Å². The second-order valence-electron chi connectivity index (χ2n) is 3.91. The van der Waals surface area contributed by atoms with E-state index in [2.05, 4.69) is 0 Å². The van der Waals surface area contributed by atoms with Crippen LogP contribution in [-0.4, -0.2) is 4.92 Å². The van der Waals surface area contributed by atoms with Gasteiger partial charge >= 0.3 is 0 Å². The standard InChI is InChI=1S/C10H12N2O2/c1-7-2-3-8(10(11)4-5-10)6-9(7)12(13)14/h2-3,6H,4-5,11H2,1H3. The molecule has 1 aromatic rings. The first-order valence-electron chi connectivity index (χ1n) is 4.57. The largest absolute Gasteiger partial charge is 0.321 e. The van der Waals surface area contributed by atoms with Crippen LogP contribution in [0.25, 0.3) is 0 Å². The first-order valence-corrected chi connectivity index (χ1v) is 4.57. The predicted octanol–water partition coefficient (Wildman–Crippen LogP) is 1.85. The molecule has 74 valence electrons. The number of nitro benzene ring substituents is 1. The van der Waals surface area contributed by atoms with Gasteiger partial charge in [0.1, 0.15) is 0 Å². The third kappa shape index (κ3) is 1.37. The van der Waals surface area contributed by atoms with E-state index in [4.69, 9.17) is 5.73 Å². The Hall–Kier alpha value is -1.42. The van der Waals surface area contributed by atoms with Crippen molar-refractivity contribution in [2.45, 2.75) is 25.3 Å². The Morgan fingerprint density at radius 1 is 1.50 bits per heavy atom. The van der Waals surface area contributed by atoms with Gasteiger partial charge in [0.05, 0.1) is 4.92 Å². The van der Waals surface area contributed by atoms with Crippen molar-refractivity contribution in [1.29, 1.82) is 0 Å². The average Bonchev–Trinajstić information content (AvgIpc) is 2.85. The minimum Gasteiger partial charge on any atom is -0.321 e. The molecule has 0 heterocycles. The quantitative estimate of drug-likeness (QED) is 0.574. The number of rotatable bonds is 2. The Morgan fingerprint density at radius 3 is 2.64 bits per heavy atom. The van der Waals surface area contributed by atoms with Crippen LogP contribution in [0.5, 0.6) is 0 Å². The van der Waals surface area contributed by atoms with Crippen molar-refractivity contribution in [2.75, 3.05) is 0 Å². The van der Waals surface area contributed by atoms with E-state index < -0.39 is 0 Å². The number of hydrogen-bond donors (Lipinski definition) is 1. The molecule has 2 N–H and O–H groups in total. The van der Waals surface area contributed by atoms with Crippen LogP contribution >= 0.6 is 0 Å². The highest BCUT2D eigenvalue weighted by atomic mass is 16.6. The topological polar surface area (TPSA) is 69.2 Å². The molecule has 4 heteroatoms. The van der Waals surface area contributed by atoms with E-state index in [0.29, 0.717) is 5.56 Å². The van der Waals surface area contributed by atoms with Gasteiger partial charge in [-0.15, -0.1) is 0 Å². The lowest BCUT2D eigenvalue weighted by Gasteiger charge is -2.09. The first kappa shape index (κ1) is 9.15. The van der Waals surface area contributed by atoms with Crippen molar-refractivity contribution in [3.8, 4) is 0 Å². The van der Waals surface area contributed by atoms with E-state index in [0.717, 1.165) is 18.4 Å². The molecule has 0 spiro atoms. The SMILES string of the molecule is Cc1ccc(C2(N)CC2)cc1[N+](=O)[O-]. The van der Waals surface area contributed by atoms with Gasteiger partial charge < -0.3 is 5.73 Å². The molecule has 0 saturated heterocycles. The molecule has 2 rings (SSSR count). The molecule has 0 aromatic heterocycles. The zero-order valence-electron chi connectivity index (χ0n) is 7.99. The van der Waals surface area contributed by atoms with Crippen molar-refractivity contribution in [3.05, 3.63) is 39.4 Å². The zero-order valence-corrected chi connectivity index (χ0v) is 7.99. The molecule has 1 aromatic carbocycles. The van der Waals surface area contributed by atoms with Crippen LogP contribution < -0.4 is 5.73 Å². The number of aryl methyl sites for hydroxylation is 1. The third-order valence-electron chi connectivity index (χ3n) is 2.77. The fraction of sp³-hybridized carbons (Fsp3) is 0.400. The van der Waals surface area contributed by atoms with Gasteiger partial charge in [0.2, 0.25) is 0 Å². The fourth-order valence-electron chi connectivity index (χ4n) is 1.54. The highest BCUT2D eigenvalue weighted by Gasteiger charge is 2.40. The van der Waals surface area contributed by atoms with E-state index in [-0.39, 0.29) is 16.1 Å². The molecule has 1 aliphatic rings. The Bertz CT molecular complexity index is 397. The summed E-state index contributed by atoms with van der Waals surface area (Å²) in [4.78, 5) is 10.3. The highest BCUT2D eigenvalue weighted by molar-refractivity contribution is 5.45. The lowest BCUT2D eigenvalue weighted by atomic mass is 10.0. The van der Waals surface area contributed by atoms with Gasteiger partial charge in [0.25, 0.3) is 5.69 Å². The van der Waals surface area contributed by atoms with Gasteiger partial charge in [-0.1, -0.05) is 12.1 Å². The summed E-state index contributed by atoms with van der Waals surface area (Å²) >= 11 is 0. The number of benzene rings is 1. The monoisotopic (exact) mass is 192 g/mol. The van der Waals surface area contributed by atoms with Crippen LogP contribution in [0.1, 0.15) is 24.0 Å². The lowest BCUT2D eigenvalue weighted by molar-refractivity contribution is -0.385. The van der Waals surface area contributed by atoms with E-state index in [1.165, 1.54) is 0 Å².